The average Bonchev–Trinajstić information content (AvgIpc) is 2.79. The third kappa shape index (κ3) is 2.86. The second-order valence-corrected chi connectivity index (χ2v) is 6.52. The van der Waals surface area contributed by atoms with Crippen LogP contribution in [0, 0.1) is 5.92 Å². The Morgan fingerprint density at radius 3 is 2.95 bits per heavy atom. The fraction of sp³-hybridized carbons (Fsp3) is 0.438. The van der Waals surface area contributed by atoms with Crippen LogP contribution in [0.1, 0.15) is 32.1 Å². The lowest BCUT2D eigenvalue weighted by molar-refractivity contribution is -0.120. The number of carbonyl (C=O) groups excluding carboxylic acids is 1. The molecular weight excluding hydrogens is 268 g/mol. The number of anilines is 1. The molecule has 0 spiro atoms. The normalized spacial score (nSPS) is 23.4. The highest BCUT2D eigenvalue weighted by Gasteiger charge is 2.26. The molecule has 1 aliphatic carbocycles. The number of amides is 1. The van der Waals surface area contributed by atoms with Gasteiger partial charge in [0.05, 0.1) is 5.92 Å². The quantitative estimate of drug-likeness (QED) is 0.827. The maximum Gasteiger partial charge on any atom is 0.229 e. The highest BCUT2D eigenvalue weighted by atomic mass is 32.1. The molecule has 1 heterocycles. The molecule has 2 unspecified atom stereocenters. The van der Waals surface area contributed by atoms with Gasteiger partial charge < -0.3 is 11.1 Å². The van der Waals surface area contributed by atoms with E-state index in [4.69, 9.17) is 5.73 Å². The summed E-state index contributed by atoms with van der Waals surface area (Å²) in [6.45, 7) is 0. The molecular formula is C16H20N2OS. The van der Waals surface area contributed by atoms with Crippen molar-refractivity contribution in [1.29, 1.82) is 0 Å². The van der Waals surface area contributed by atoms with E-state index in [0.29, 0.717) is 0 Å². The Morgan fingerprint density at radius 1 is 1.20 bits per heavy atom. The summed E-state index contributed by atoms with van der Waals surface area (Å²) in [6, 6.07) is 8.14. The molecule has 3 nitrogen and oxygen atoms in total. The van der Waals surface area contributed by atoms with Crippen LogP contribution in [-0.2, 0) is 4.79 Å². The van der Waals surface area contributed by atoms with Gasteiger partial charge in [0.2, 0.25) is 5.91 Å². The van der Waals surface area contributed by atoms with E-state index in [2.05, 4.69) is 22.8 Å². The third-order valence-electron chi connectivity index (χ3n) is 4.13. The molecule has 3 N–H and O–H groups in total. The minimum atomic E-state index is -0.0457. The first kappa shape index (κ1) is 13.6. The van der Waals surface area contributed by atoms with E-state index in [1.807, 2.05) is 12.1 Å². The zero-order chi connectivity index (χ0) is 13.9. The first-order valence-corrected chi connectivity index (χ1v) is 8.16. The number of nitrogens with two attached hydrogens (primary N) is 1. The summed E-state index contributed by atoms with van der Waals surface area (Å²) in [4.78, 5) is 12.4. The number of hydrogen-bond donors (Lipinski definition) is 2. The maximum atomic E-state index is 12.4. The van der Waals surface area contributed by atoms with Gasteiger partial charge in [0, 0.05) is 16.4 Å². The minimum Gasteiger partial charge on any atom is -0.327 e. The highest BCUT2D eigenvalue weighted by molar-refractivity contribution is 7.17. The van der Waals surface area contributed by atoms with E-state index in [1.165, 1.54) is 16.5 Å². The van der Waals surface area contributed by atoms with E-state index < -0.39 is 0 Å². The van der Waals surface area contributed by atoms with Gasteiger partial charge >= 0.3 is 0 Å². The van der Waals surface area contributed by atoms with Gasteiger partial charge in [-0.25, -0.2) is 0 Å². The van der Waals surface area contributed by atoms with Gasteiger partial charge in [-0.2, -0.15) is 0 Å². The lowest BCUT2D eigenvalue weighted by atomic mass is 9.94. The van der Waals surface area contributed by atoms with Crippen LogP contribution in [0.15, 0.2) is 29.6 Å². The summed E-state index contributed by atoms with van der Waals surface area (Å²) in [7, 11) is 0. The molecule has 2 atom stereocenters. The molecule has 1 aromatic carbocycles. The molecule has 1 saturated carbocycles. The van der Waals surface area contributed by atoms with Crippen molar-refractivity contribution in [3.63, 3.8) is 0 Å². The van der Waals surface area contributed by atoms with Crippen molar-refractivity contribution < 1.29 is 4.79 Å². The molecule has 0 saturated heterocycles. The number of thiophene rings is 1. The van der Waals surface area contributed by atoms with E-state index in [1.54, 1.807) is 11.3 Å². The van der Waals surface area contributed by atoms with E-state index in [9.17, 15) is 4.79 Å². The summed E-state index contributed by atoms with van der Waals surface area (Å²) >= 11 is 1.71. The predicted molar refractivity (Wildman–Crippen MR) is 85.0 cm³/mol. The van der Waals surface area contributed by atoms with Crippen molar-refractivity contribution in [3.8, 4) is 0 Å². The number of carbonyl (C=O) groups is 1. The van der Waals surface area contributed by atoms with Gasteiger partial charge in [0.1, 0.15) is 0 Å². The van der Waals surface area contributed by atoms with Crippen LogP contribution in [0.2, 0.25) is 0 Å². The number of benzene rings is 1. The largest absolute Gasteiger partial charge is 0.327 e. The molecule has 0 radical (unpaired) electrons. The molecule has 0 bridgehead atoms. The summed E-state index contributed by atoms with van der Waals surface area (Å²) in [6.07, 6.45) is 5.31. The molecule has 1 aromatic heterocycles. The number of fused-ring (bicyclic) bond motifs is 1. The predicted octanol–water partition coefficient (Wildman–Crippen LogP) is 3.75. The molecule has 106 valence electrons. The Hall–Kier alpha value is -1.39. The van der Waals surface area contributed by atoms with Crippen LogP contribution in [0.5, 0.6) is 0 Å². The van der Waals surface area contributed by atoms with Crippen LogP contribution in [0.4, 0.5) is 5.69 Å². The summed E-state index contributed by atoms with van der Waals surface area (Å²) in [5.41, 5.74) is 7.02. The fourth-order valence-electron chi connectivity index (χ4n) is 2.94. The number of hydrogen-bond acceptors (Lipinski definition) is 3. The molecule has 20 heavy (non-hydrogen) atoms. The second-order valence-electron chi connectivity index (χ2n) is 5.57. The highest BCUT2D eigenvalue weighted by Crippen LogP contribution is 2.26. The van der Waals surface area contributed by atoms with Gasteiger partial charge in [-0.3, -0.25) is 4.79 Å². The maximum absolute atomic E-state index is 12.4. The van der Waals surface area contributed by atoms with Crippen molar-refractivity contribution in [2.75, 3.05) is 5.32 Å². The molecule has 4 heteroatoms. The average molecular weight is 288 g/mol. The third-order valence-corrected chi connectivity index (χ3v) is 5.02. The zero-order valence-electron chi connectivity index (χ0n) is 11.5. The summed E-state index contributed by atoms with van der Waals surface area (Å²) in [5, 5.41) is 6.28. The van der Waals surface area contributed by atoms with Crippen molar-refractivity contribution in [2.24, 2.45) is 11.7 Å². The standard InChI is InChI=1S/C16H20N2OS/c17-14-5-3-1-2-4-13(14)16(19)18-12-6-7-15-11(10-12)8-9-20-15/h6-10,13-14H,1-5,17H2,(H,18,19). The van der Waals surface area contributed by atoms with Crippen LogP contribution in [-0.4, -0.2) is 11.9 Å². The Morgan fingerprint density at radius 2 is 2.05 bits per heavy atom. The van der Waals surface area contributed by atoms with Crippen molar-refractivity contribution in [3.05, 3.63) is 29.6 Å². The Kier molecular flexibility index (Phi) is 4.03. The number of nitrogens with one attached hydrogen (secondary N) is 1. The number of rotatable bonds is 2. The summed E-state index contributed by atoms with van der Waals surface area (Å²) < 4.78 is 1.24. The van der Waals surface area contributed by atoms with E-state index in [-0.39, 0.29) is 17.9 Å². The molecule has 2 aromatic rings. The molecule has 1 amide bonds. The fourth-order valence-corrected chi connectivity index (χ4v) is 3.71. The molecule has 1 fully saturated rings. The van der Waals surface area contributed by atoms with Gasteiger partial charge in [0.15, 0.2) is 0 Å². The molecule has 1 aliphatic rings. The van der Waals surface area contributed by atoms with Gasteiger partial charge in [-0.15, -0.1) is 11.3 Å². The topological polar surface area (TPSA) is 55.1 Å². The van der Waals surface area contributed by atoms with Crippen molar-refractivity contribution >= 4 is 33.0 Å². The van der Waals surface area contributed by atoms with Crippen LogP contribution in [0.25, 0.3) is 10.1 Å². The zero-order valence-corrected chi connectivity index (χ0v) is 12.3. The van der Waals surface area contributed by atoms with Crippen LogP contribution in [0.3, 0.4) is 0 Å². The lowest BCUT2D eigenvalue weighted by Gasteiger charge is -2.20. The van der Waals surface area contributed by atoms with Gasteiger partial charge in [-0.05, 0) is 47.9 Å². The Balaban J connectivity index is 1.73. The second kappa shape index (κ2) is 5.94. The lowest BCUT2D eigenvalue weighted by Crippen LogP contribution is -2.37. The van der Waals surface area contributed by atoms with Gasteiger partial charge in [0.25, 0.3) is 0 Å². The van der Waals surface area contributed by atoms with Crippen LogP contribution >= 0.6 is 11.3 Å². The SMILES string of the molecule is NC1CCCCCC1C(=O)Nc1ccc2sccc2c1. The minimum absolute atomic E-state index is 0.00220. The van der Waals surface area contributed by atoms with Crippen LogP contribution < -0.4 is 11.1 Å². The van der Waals surface area contributed by atoms with E-state index in [0.717, 1.165) is 31.4 Å². The first-order valence-electron chi connectivity index (χ1n) is 7.28. The van der Waals surface area contributed by atoms with E-state index >= 15 is 0 Å². The van der Waals surface area contributed by atoms with Gasteiger partial charge in [-0.1, -0.05) is 19.3 Å². The molecule has 0 aliphatic heterocycles. The van der Waals surface area contributed by atoms with Crippen molar-refractivity contribution in [2.45, 2.75) is 38.1 Å². The first-order chi connectivity index (χ1) is 9.74. The molecule has 3 rings (SSSR count). The summed E-state index contributed by atoms with van der Waals surface area (Å²) in [5.74, 6) is 0.0321. The monoisotopic (exact) mass is 288 g/mol. The Bertz CT molecular complexity index is 607. The van der Waals surface area contributed by atoms with Crippen molar-refractivity contribution in [1.82, 2.24) is 0 Å². The Labute approximate surface area is 123 Å². The smallest absolute Gasteiger partial charge is 0.229 e.